The number of benzene rings is 1. The van der Waals surface area contributed by atoms with Gasteiger partial charge in [-0.1, -0.05) is 41.9 Å². The molecule has 0 aliphatic carbocycles. The Morgan fingerprint density at radius 1 is 1.26 bits per heavy atom. The fourth-order valence-corrected chi connectivity index (χ4v) is 2.88. The molecule has 2 rings (SSSR count). The van der Waals surface area contributed by atoms with Gasteiger partial charge in [-0.05, 0) is 36.8 Å². The summed E-state index contributed by atoms with van der Waals surface area (Å²) in [5.74, 6) is 0. The van der Waals surface area contributed by atoms with Crippen molar-refractivity contribution in [1.82, 2.24) is 4.98 Å². The quantitative estimate of drug-likeness (QED) is 0.868. The van der Waals surface area contributed by atoms with E-state index < -0.39 is 0 Å². The third-order valence-corrected chi connectivity index (χ3v) is 4.41. The van der Waals surface area contributed by atoms with Gasteiger partial charge in [0.05, 0.1) is 10.7 Å². The molecule has 2 aromatic rings. The molecule has 0 saturated carbocycles. The molecule has 0 amide bonds. The molecule has 1 unspecified atom stereocenters. The summed E-state index contributed by atoms with van der Waals surface area (Å²) in [6, 6.07) is 9.36. The summed E-state index contributed by atoms with van der Waals surface area (Å²) in [6.45, 7) is 2.04. The third kappa shape index (κ3) is 3.86. The second-order valence-electron chi connectivity index (χ2n) is 4.11. The lowest BCUT2D eigenvalue weighted by molar-refractivity contribution is 0.674. The Balaban J connectivity index is 2.17. The van der Waals surface area contributed by atoms with Gasteiger partial charge in [0.15, 0.2) is 0 Å². The van der Waals surface area contributed by atoms with Crippen LogP contribution in [0, 0.1) is 0 Å². The van der Waals surface area contributed by atoms with E-state index in [0.717, 1.165) is 21.9 Å². The molecular formula is C14H14Cl2N2S. The van der Waals surface area contributed by atoms with Crippen LogP contribution in [0.5, 0.6) is 0 Å². The van der Waals surface area contributed by atoms with Crippen molar-refractivity contribution in [2.45, 2.75) is 29.2 Å². The largest absolute Gasteiger partial charge is 0.323 e. The van der Waals surface area contributed by atoms with Crippen molar-refractivity contribution in [3.8, 4) is 0 Å². The lowest BCUT2D eigenvalue weighted by Crippen LogP contribution is -2.10. The Kier molecular flexibility index (Phi) is 5.11. The molecule has 0 saturated heterocycles. The Bertz CT molecular complexity index is 558. The van der Waals surface area contributed by atoms with Gasteiger partial charge in [0, 0.05) is 27.1 Å². The van der Waals surface area contributed by atoms with E-state index in [-0.39, 0.29) is 6.04 Å². The van der Waals surface area contributed by atoms with Gasteiger partial charge in [0.1, 0.15) is 0 Å². The summed E-state index contributed by atoms with van der Waals surface area (Å²) in [5.41, 5.74) is 6.84. The van der Waals surface area contributed by atoms with Crippen LogP contribution in [0.25, 0.3) is 0 Å². The molecule has 0 radical (unpaired) electrons. The van der Waals surface area contributed by atoms with E-state index in [4.69, 9.17) is 28.9 Å². The number of hydrogen-bond donors (Lipinski definition) is 1. The molecule has 1 aromatic heterocycles. The Morgan fingerprint density at radius 2 is 2.05 bits per heavy atom. The number of halogens is 2. The van der Waals surface area contributed by atoms with E-state index in [0.29, 0.717) is 10.0 Å². The van der Waals surface area contributed by atoms with Crippen molar-refractivity contribution >= 4 is 35.0 Å². The summed E-state index contributed by atoms with van der Waals surface area (Å²) in [6.07, 6.45) is 2.69. The molecule has 1 aromatic carbocycles. The molecule has 2 N–H and O–H groups in total. The SMILES string of the molecule is CCC(N)c1ccc(Sc2cc(Cl)ccc2Cl)cn1. The van der Waals surface area contributed by atoms with Gasteiger partial charge in [0.25, 0.3) is 0 Å². The summed E-state index contributed by atoms with van der Waals surface area (Å²) >= 11 is 13.6. The maximum Gasteiger partial charge on any atom is 0.0571 e. The van der Waals surface area contributed by atoms with Crippen LogP contribution in [-0.4, -0.2) is 4.98 Å². The minimum Gasteiger partial charge on any atom is -0.323 e. The fraction of sp³-hybridized carbons (Fsp3) is 0.214. The highest BCUT2D eigenvalue weighted by Crippen LogP contribution is 2.34. The van der Waals surface area contributed by atoms with Crippen LogP contribution in [0.3, 0.4) is 0 Å². The molecule has 2 nitrogen and oxygen atoms in total. The molecule has 0 fully saturated rings. The number of rotatable bonds is 4. The molecule has 5 heteroatoms. The summed E-state index contributed by atoms with van der Waals surface area (Å²) in [7, 11) is 0. The van der Waals surface area contributed by atoms with Crippen molar-refractivity contribution in [3.05, 3.63) is 52.3 Å². The number of pyridine rings is 1. The maximum absolute atomic E-state index is 6.13. The topological polar surface area (TPSA) is 38.9 Å². The molecule has 0 bridgehead atoms. The summed E-state index contributed by atoms with van der Waals surface area (Å²) in [4.78, 5) is 6.31. The van der Waals surface area contributed by atoms with Crippen molar-refractivity contribution in [2.24, 2.45) is 5.73 Å². The van der Waals surface area contributed by atoms with Gasteiger partial charge < -0.3 is 5.73 Å². The molecule has 1 atom stereocenters. The molecule has 0 spiro atoms. The number of hydrogen-bond acceptors (Lipinski definition) is 3. The van der Waals surface area contributed by atoms with Gasteiger partial charge in [-0.3, -0.25) is 4.98 Å². The zero-order valence-electron chi connectivity index (χ0n) is 10.4. The molecule has 19 heavy (non-hydrogen) atoms. The van der Waals surface area contributed by atoms with Crippen LogP contribution >= 0.6 is 35.0 Å². The number of nitrogens with zero attached hydrogens (tertiary/aromatic N) is 1. The van der Waals surface area contributed by atoms with E-state index in [1.165, 1.54) is 11.8 Å². The first-order chi connectivity index (χ1) is 9.10. The van der Waals surface area contributed by atoms with Gasteiger partial charge in [-0.15, -0.1) is 0 Å². The van der Waals surface area contributed by atoms with E-state index in [2.05, 4.69) is 4.98 Å². The average Bonchev–Trinajstić information content (AvgIpc) is 2.43. The molecular weight excluding hydrogens is 299 g/mol. The molecule has 0 aliphatic heterocycles. The Labute approximate surface area is 127 Å². The van der Waals surface area contributed by atoms with Gasteiger partial charge in [-0.2, -0.15) is 0 Å². The highest BCUT2D eigenvalue weighted by molar-refractivity contribution is 7.99. The van der Waals surface area contributed by atoms with Crippen LogP contribution in [0.15, 0.2) is 46.3 Å². The van der Waals surface area contributed by atoms with Crippen LogP contribution in [0.1, 0.15) is 25.1 Å². The van der Waals surface area contributed by atoms with Gasteiger partial charge in [0.2, 0.25) is 0 Å². The Morgan fingerprint density at radius 3 is 2.68 bits per heavy atom. The number of nitrogens with two attached hydrogens (primary N) is 1. The highest BCUT2D eigenvalue weighted by Gasteiger charge is 2.07. The first-order valence-electron chi connectivity index (χ1n) is 5.94. The van der Waals surface area contributed by atoms with Crippen molar-refractivity contribution in [3.63, 3.8) is 0 Å². The predicted octanol–water partition coefficient (Wildman–Crippen LogP) is 4.95. The highest BCUT2D eigenvalue weighted by atomic mass is 35.5. The van der Waals surface area contributed by atoms with E-state index in [1.807, 2.05) is 31.3 Å². The molecule has 100 valence electrons. The first kappa shape index (κ1) is 14.7. The van der Waals surface area contributed by atoms with E-state index in [1.54, 1.807) is 12.1 Å². The summed E-state index contributed by atoms with van der Waals surface area (Å²) in [5, 5.41) is 1.35. The Hall–Kier alpha value is -0.740. The van der Waals surface area contributed by atoms with Crippen molar-refractivity contribution in [2.75, 3.05) is 0 Å². The third-order valence-electron chi connectivity index (χ3n) is 2.70. The summed E-state index contributed by atoms with van der Waals surface area (Å²) < 4.78 is 0. The minimum absolute atomic E-state index is 0.00573. The van der Waals surface area contributed by atoms with Crippen LogP contribution in [0.4, 0.5) is 0 Å². The van der Waals surface area contributed by atoms with Crippen LogP contribution in [-0.2, 0) is 0 Å². The zero-order chi connectivity index (χ0) is 13.8. The van der Waals surface area contributed by atoms with Crippen LogP contribution < -0.4 is 5.73 Å². The number of aromatic nitrogens is 1. The average molecular weight is 313 g/mol. The molecule has 1 heterocycles. The monoisotopic (exact) mass is 312 g/mol. The second-order valence-corrected chi connectivity index (χ2v) is 6.07. The lowest BCUT2D eigenvalue weighted by Gasteiger charge is -2.09. The fourth-order valence-electron chi connectivity index (χ4n) is 1.56. The minimum atomic E-state index is -0.00573. The van der Waals surface area contributed by atoms with Crippen LogP contribution in [0.2, 0.25) is 10.0 Å². The molecule has 0 aliphatic rings. The first-order valence-corrected chi connectivity index (χ1v) is 7.52. The van der Waals surface area contributed by atoms with E-state index in [9.17, 15) is 0 Å². The van der Waals surface area contributed by atoms with E-state index >= 15 is 0 Å². The normalized spacial score (nSPS) is 12.4. The van der Waals surface area contributed by atoms with Gasteiger partial charge in [-0.25, -0.2) is 0 Å². The van der Waals surface area contributed by atoms with Crippen molar-refractivity contribution in [1.29, 1.82) is 0 Å². The maximum atomic E-state index is 6.13. The smallest absolute Gasteiger partial charge is 0.0571 e. The zero-order valence-corrected chi connectivity index (χ0v) is 12.8. The van der Waals surface area contributed by atoms with Crippen molar-refractivity contribution < 1.29 is 0 Å². The lowest BCUT2D eigenvalue weighted by atomic mass is 10.1. The predicted molar refractivity (Wildman–Crippen MR) is 82.0 cm³/mol. The standard InChI is InChI=1S/C14H14Cl2N2S/c1-2-12(17)13-6-4-10(8-18-13)19-14-7-9(15)3-5-11(14)16/h3-8,12H,2,17H2,1H3. The van der Waals surface area contributed by atoms with Gasteiger partial charge >= 0.3 is 0 Å². The second kappa shape index (κ2) is 6.62.